The highest BCUT2D eigenvalue weighted by molar-refractivity contribution is 5.90. The van der Waals surface area contributed by atoms with Crippen molar-refractivity contribution in [3.8, 4) is 11.8 Å². The summed E-state index contributed by atoms with van der Waals surface area (Å²) in [6.07, 6.45) is 1.49. The molecule has 2 aromatic carbocycles. The van der Waals surface area contributed by atoms with E-state index in [0.29, 0.717) is 11.4 Å². The van der Waals surface area contributed by atoms with Crippen molar-refractivity contribution in [2.45, 2.75) is 6.92 Å². The number of carbonyl (C=O) groups excluding carboxylic acids is 1. The molecule has 2 rings (SSSR count). The summed E-state index contributed by atoms with van der Waals surface area (Å²) in [5.41, 5.74) is 3.14. The maximum atomic E-state index is 11.1. The van der Waals surface area contributed by atoms with Crippen LogP contribution < -0.4 is 10.1 Å². The van der Waals surface area contributed by atoms with Crippen molar-refractivity contribution >= 4 is 17.2 Å². The minimum atomic E-state index is -0.148. The first-order chi connectivity index (χ1) is 10.7. The van der Waals surface area contributed by atoms with Crippen molar-refractivity contribution in [3.63, 3.8) is 0 Å². The number of nitriles is 1. The minimum absolute atomic E-state index is 0.148. The SMILES string of the molecule is COc1cc(NC(C)=O)ccc1C(=CC#N)c1ccccc1. The molecule has 0 saturated carbocycles. The van der Waals surface area contributed by atoms with Gasteiger partial charge in [-0.2, -0.15) is 5.26 Å². The lowest BCUT2D eigenvalue weighted by Crippen LogP contribution is -2.06. The number of hydrogen-bond acceptors (Lipinski definition) is 3. The standard InChI is InChI=1S/C18H16N2O2/c1-13(21)20-15-8-9-17(18(12-15)22-2)16(10-11-19)14-6-4-3-5-7-14/h3-10,12H,1-2H3,(H,20,21). The monoisotopic (exact) mass is 292 g/mol. The predicted octanol–water partition coefficient (Wildman–Crippen LogP) is 3.61. The van der Waals surface area contributed by atoms with E-state index in [0.717, 1.165) is 16.7 Å². The molecule has 0 aliphatic heterocycles. The third-order valence-electron chi connectivity index (χ3n) is 3.11. The van der Waals surface area contributed by atoms with E-state index in [4.69, 9.17) is 10.00 Å². The summed E-state index contributed by atoms with van der Waals surface area (Å²) in [6, 6.07) is 17.1. The van der Waals surface area contributed by atoms with Gasteiger partial charge in [0.15, 0.2) is 0 Å². The molecule has 0 unspecified atom stereocenters. The molecule has 0 atom stereocenters. The molecule has 0 radical (unpaired) electrons. The number of methoxy groups -OCH3 is 1. The van der Waals surface area contributed by atoms with Crippen molar-refractivity contribution in [1.29, 1.82) is 5.26 Å². The second kappa shape index (κ2) is 7.09. The molecule has 0 fully saturated rings. The Balaban J connectivity index is 2.51. The molecule has 22 heavy (non-hydrogen) atoms. The molecule has 0 saturated heterocycles. The number of carbonyl (C=O) groups is 1. The second-order valence-corrected chi connectivity index (χ2v) is 4.65. The van der Waals surface area contributed by atoms with Crippen LogP contribution >= 0.6 is 0 Å². The molecule has 110 valence electrons. The normalized spacial score (nSPS) is 10.7. The third-order valence-corrected chi connectivity index (χ3v) is 3.11. The molecule has 1 N–H and O–H groups in total. The first kappa shape index (κ1) is 15.3. The van der Waals surface area contributed by atoms with Gasteiger partial charge >= 0.3 is 0 Å². The van der Waals surface area contributed by atoms with Crippen LogP contribution in [0.2, 0.25) is 0 Å². The summed E-state index contributed by atoms with van der Waals surface area (Å²) in [5.74, 6) is 0.447. The first-order valence-electron chi connectivity index (χ1n) is 6.77. The predicted molar refractivity (Wildman–Crippen MR) is 86.4 cm³/mol. The summed E-state index contributed by atoms with van der Waals surface area (Å²) in [6.45, 7) is 1.45. The fourth-order valence-electron chi connectivity index (χ4n) is 2.19. The van der Waals surface area contributed by atoms with E-state index in [1.54, 1.807) is 19.2 Å². The molecule has 4 heteroatoms. The van der Waals surface area contributed by atoms with Gasteiger partial charge < -0.3 is 10.1 Å². The largest absolute Gasteiger partial charge is 0.496 e. The van der Waals surface area contributed by atoms with E-state index < -0.39 is 0 Å². The van der Waals surface area contributed by atoms with Crippen LogP contribution in [0.15, 0.2) is 54.6 Å². The number of nitrogens with zero attached hydrogens (tertiary/aromatic N) is 1. The van der Waals surface area contributed by atoms with Gasteiger partial charge in [0, 0.05) is 35.9 Å². The van der Waals surface area contributed by atoms with Gasteiger partial charge in [-0.1, -0.05) is 30.3 Å². The number of hydrogen-bond donors (Lipinski definition) is 1. The molecular formula is C18H16N2O2. The Bertz CT molecular complexity index is 743. The number of allylic oxidation sites excluding steroid dienone is 1. The van der Waals surface area contributed by atoms with E-state index in [9.17, 15) is 4.79 Å². The highest BCUT2D eigenvalue weighted by atomic mass is 16.5. The lowest BCUT2D eigenvalue weighted by atomic mass is 9.96. The van der Waals surface area contributed by atoms with Gasteiger partial charge in [-0.05, 0) is 17.7 Å². The second-order valence-electron chi connectivity index (χ2n) is 4.65. The number of rotatable bonds is 4. The van der Waals surface area contributed by atoms with Crippen LogP contribution in [-0.2, 0) is 4.79 Å². The van der Waals surface area contributed by atoms with E-state index in [1.807, 2.05) is 36.4 Å². The molecule has 0 heterocycles. The minimum Gasteiger partial charge on any atom is -0.496 e. The van der Waals surface area contributed by atoms with Crippen LogP contribution in [0.3, 0.4) is 0 Å². The van der Waals surface area contributed by atoms with Gasteiger partial charge in [0.2, 0.25) is 5.91 Å². The molecule has 0 spiro atoms. The van der Waals surface area contributed by atoms with Crippen molar-refractivity contribution in [3.05, 3.63) is 65.7 Å². The highest BCUT2D eigenvalue weighted by Crippen LogP contribution is 2.33. The number of anilines is 1. The highest BCUT2D eigenvalue weighted by Gasteiger charge is 2.12. The van der Waals surface area contributed by atoms with E-state index in [1.165, 1.54) is 13.0 Å². The Morgan fingerprint density at radius 2 is 1.95 bits per heavy atom. The van der Waals surface area contributed by atoms with E-state index in [2.05, 4.69) is 11.4 Å². The van der Waals surface area contributed by atoms with E-state index >= 15 is 0 Å². The fourth-order valence-corrected chi connectivity index (χ4v) is 2.19. The Morgan fingerprint density at radius 1 is 1.23 bits per heavy atom. The number of nitrogens with one attached hydrogen (secondary N) is 1. The smallest absolute Gasteiger partial charge is 0.221 e. The molecule has 2 aromatic rings. The zero-order valence-electron chi connectivity index (χ0n) is 12.5. The summed E-state index contributed by atoms with van der Waals surface area (Å²) < 4.78 is 5.41. The Labute approximate surface area is 129 Å². The Morgan fingerprint density at radius 3 is 2.55 bits per heavy atom. The van der Waals surface area contributed by atoms with Gasteiger partial charge in [-0.25, -0.2) is 0 Å². The van der Waals surface area contributed by atoms with Gasteiger partial charge in [-0.3, -0.25) is 4.79 Å². The van der Waals surface area contributed by atoms with E-state index in [-0.39, 0.29) is 5.91 Å². The van der Waals surface area contributed by atoms with Gasteiger partial charge in [0.05, 0.1) is 13.2 Å². The maximum absolute atomic E-state index is 11.1. The Kier molecular flexibility index (Phi) is 4.94. The lowest BCUT2D eigenvalue weighted by molar-refractivity contribution is -0.114. The van der Waals surface area contributed by atoms with Crippen LogP contribution in [0.25, 0.3) is 5.57 Å². The molecule has 0 bridgehead atoms. The lowest BCUT2D eigenvalue weighted by Gasteiger charge is -2.13. The van der Waals surface area contributed by atoms with Crippen LogP contribution in [0.1, 0.15) is 18.1 Å². The Hall–Kier alpha value is -3.06. The average Bonchev–Trinajstić information content (AvgIpc) is 2.53. The third kappa shape index (κ3) is 3.53. The van der Waals surface area contributed by atoms with Crippen LogP contribution in [-0.4, -0.2) is 13.0 Å². The van der Waals surface area contributed by atoms with Crippen LogP contribution in [0.5, 0.6) is 5.75 Å². The fraction of sp³-hybridized carbons (Fsp3) is 0.111. The van der Waals surface area contributed by atoms with Crippen molar-refractivity contribution < 1.29 is 9.53 Å². The number of benzene rings is 2. The first-order valence-corrected chi connectivity index (χ1v) is 6.77. The molecule has 0 aliphatic carbocycles. The summed E-state index contributed by atoms with van der Waals surface area (Å²) in [7, 11) is 1.56. The molecular weight excluding hydrogens is 276 g/mol. The summed E-state index contributed by atoms with van der Waals surface area (Å²) >= 11 is 0. The molecule has 0 aromatic heterocycles. The zero-order chi connectivity index (χ0) is 15.9. The summed E-state index contributed by atoms with van der Waals surface area (Å²) in [4.78, 5) is 11.1. The van der Waals surface area contributed by atoms with Gasteiger partial charge in [0.25, 0.3) is 0 Å². The van der Waals surface area contributed by atoms with Crippen LogP contribution in [0, 0.1) is 11.3 Å². The van der Waals surface area contributed by atoms with Crippen molar-refractivity contribution in [2.75, 3.05) is 12.4 Å². The topological polar surface area (TPSA) is 62.1 Å². The van der Waals surface area contributed by atoms with Gasteiger partial charge in [0.1, 0.15) is 5.75 Å². The van der Waals surface area contributed by atoms with Crippen LogP contribution in [0.4, 0.5) is 5.69 Å². The maximum Gasteiger partial charge on any atom is 0.221 e. The van der Waals surface area contributed by atoms with Gasteiger partial charge in [-0.15, -0.1) is 0 Å². The van der Waals surface area contributed by atoms with Crippen molar-refractivity contribution in [1.82, 2.24) is 0 Å². The zero-order valence-corrected chi connectivity index (χ0v) is 12.5. The average molecular weight is 292 g/mol. The molecule has 0 aliphatic rings. The summed E-state index contributed by atoms with van der Waals surface area (Å²) in [5, 5.41) is 11.8. The number of ether oxygens (including phenoxy) is 1. The van der Waals surface area contributed by atoms with Crippen molar-refractivity contribution in [2.24, 2.45) is 0 Å². The molecule has 4 nitrogen and oxygen atoms in total. The molecule has 1 amide bonds. The quantitative estimate of drug-likeness (QED) is 0.876. The number of amides is 1.